The molecule has 2 aromatic carbocycles. The third-order valence-electron chi connectivity index (χ3n) is 2.72. The molecule has 0 amide bonds. The van der Waals surface area contributed by atoms with Crippen LogP contribution in [0.5, 0.6) is 5.75 Å². The van der Waals surface area contributed by atoms with Crippen molar-refractivity contribution >= 4 is 64.8 Å². The average molecular weight is 427 g/mol. The van der Waals surface area contributed by atoms with Gasteiger partial charge in [0.25, 0.3) is 0 Å². The Balaban J connectivity index is 1.81. The van der Waals surface area contributed by atoms with Crippen LogP contribution in [0.1, 0.15) is 5.56 Å². The minimum Gasteiger partial charge on any atom is -0.506 e. The average Bonchev–Trinajstić information content (AvgIpc) is 2.86. The Hall–Kier alpha value is -1.44. The summed E-state index contributed by atoms with van der Waals surface area (Å²) in [6, 6.07) is 11.4. The van der Waals surface area contributed by atoms with Gasteiger partial charge in [-0.05, 0) is 40.2 Å². The van der Waals surface area contributed by atoms with Gasteiger partial charge in [0.1, 0.15) is 5.75 Å². The highest BCUT2D eigenvalue weighted by Gasteiger charge is 2.05. The summed E-state index contributed by atoms with van der Waals surface area (Å²) in [4.78, 5) is 4.41. The molecule has 0 atom stereocenters. The standard InChI is InChI=1S/C14H9Br2N3OS/c15-9-5-8(13(20)10(16)6-9)7-17-19-14-18-11-3-1-2-4-12(11)21-14/h1-7,20H,(H,18,19). The van der Waals surface area contributed by atoms with Crippen molar-refractivity contribution in [3.63, 3.8) is 0 Å². The van der Waals surface area contributed by atoms with Crippen molar-refractivity contribution in [3.8, 4) is 5.75 Å². The number of hydrazone groups is 1. The van der Waals surface area contributed by atoms with Crippen LogP contribution in [0.4, 0.5) is 5.13 Å². The maximum atomic E-state index is 9.93. The molecule has 0 fully saturated rings. The SMILES string of the molecule is Oc1c(Br)cc(Br)cc1C=NNc1nc2ccccc2s1. The van der Waals surface area contributed by atoms with Crippen LogP contribution in [0.3, 0.4) is 0 Å². The minimum atomic E-state index is 0.146. The molecule has 3 aromatic rings. The summed E-state index contributed by atoms with van der Waals surface area (Å²) >= 11 is 8.18. The largest absolute Gasteiger partial charge is 0.506 e. The van der Waals surface area contributed by atoms with Gasteiger partial charge in [-0.25, -0.2) is 4.98 Å². The lowest BCUT2D eigenvalue weighted by molar-refractivity contribution is 0.471. The van der Waals surface area contributed by atoms with Gasteiger partial charge in [-0.2, -0.15) is 5.10 Å². The fourth-order valence-electron chi connectivity index (χ4n) is 1.76. The first-order chi connectivity index (χ1) is 10.1. The number of thiazole rings is 1. The number of phenolic OH excluding ortho intramolecular Hbond substituents is 1. The number of benzene rings is 2. The van der Waals surface area contributed by atoms with Crippen molar-refractivity contribution in [3.05, 3.63) is 50.9 Å². The molecule has 3 rings (SSSR count). The highest BCUT2D eigenvalue weighted by Crippen LogP contribution is 2.31. The second kappa shape index (κ2) is 6.13. The van der Waals surface area contributed by atoms with Gasteiger partial charge in [0, 0.05) is 10.0 Å². The number of para-hydroxylation sites is 1. The minimum absolute atomic E-state index is 0.146. The van der Waals surface area contributed by atoms with Gasteiger partial charge in [-0.1, -0.05) is 39.4 Å². The molecule has 7 heteroatoms. The van der Waals surface area contributed by atoms with E-state index in [1.165, 1.54) is 11.3 Å². The third kappa shape index (κ3) is 3.25. The Bertz CT molecular complexity index is 799. The maximum Gasteiger partial charge on any atom is 0.204 e. The summed E-state index contributed by atoms with van der Waals surface area (Å²) in [7, 11) is 0. The summed E-state index contributed by atoms with van der Waals surface area (Å²) in [5.41, 5.74) is 4.42. The smallest absolute Gasteiger partial charge is 0.204 e. The van der Waals surface area contributed by atoms with Crippen LogP contribution in [0.25, 0.3) is 10.2 Å². The number of nitrogens with zero attached hydrogens (tertiary/aromatic N) is 2. The first kappa shape index (κ1) is 14.5. The van der Waals surface area contributed by atoms with Crippen LogP contribution in [0, 0.1) is 0 Å². The van der Waals surface area contributed by atoms with Crippen LogP contribution >= 0.6 is 43.2 Å². The quantitative estimate of drug-likeness (QED) is 0.459. The lowest BCUT2D eigenvalue weighted by Gasteiger charge is -2.02. The fourth-order valence-corrected chi connectivity index (χ4v) is 3.84. The third-order valence-corrected chi connectivity index (χ3v) is 4.72. The number of fused-ring (bicyclic) bond motifs is 1. The van der Waals surface area contributed by atoms with E-state index in [-0.39, 0.29) is 5.75 Å². The summed E-state index contributed by atoms with van der Waals surface area (Å²) in [6.45, 7) is 0. The Morgan fingerprint density at radius 1 is 1.24 bits per heavy atom. The van der Waals surface area contributed by atoms with E-state index in [0.29, 0.717) is 15.2 Å². The van der Waals surface area contributed by atoms with E-state index in [4.69, 9.17) is 0 Å². The molecule has 1 heterocycles. The van der Waals surface area contributed by atoms with Crippen molar-refractivity contribution < 1.29 is 5.11 Å². The molecule has 4 nitrogen and oxygen atoms in total. The molecule has 106 valence electrons. The summed E-state index contributed by atoms with van der Waals surface area (Å²) in [5.74, 6) is 0.146. The van der Waals surface area contributed by atoms with E-state index in [1.807, 2.05) is 24.3 Å². The molecule has 0 spiro atoms. The predicted octanol–water partition coefficient (Wildman–Crippen LogP) is 4.97. The van der Waals surface area contributed by atoms with Gasteiger partial charge in [-0.15, -0.1) is 0 Å². The monoisotopic (exact) mass is 425 g/mol. The molecule has 0 radical (unpaired) electrons. The molecule has 0 saturated carbocycles. The number of halogens is 2. The van der Waals surface area contributed by atoms with Crippen LogP contribution in [-0.4, -0.2) is 16.3 Å². The summed E-state index contributed by atoms with van der Waals surface area (Å²) in [6.07, 6.45) is 1.55. The normalized spacial score (nSPS) is 11.3. The molecule has 0 aliphatic carbocycles. The Morgan fingerprint density at radius 3 is 2.86 bits per heavy atom. The van der Waals surface area contributed by atoms with Crippen LogP contribution in [0.15, 0.2) is 50.4 Å². The summed E-state index contributed by atoms with van der Waals surface area (Å²) in [5, 5.41) is 14.8. The zero-order chi connectivity index (χ0) is 14.8. The van der Waals surface area contributed by atoms with E-state index in [9.17, 15) is 5.11 Å². The number of hydrogen-bond acceptors (Lipinski definition) is 5. The van der Waals surface area contributed by atoms with Gasteiger partial charge in [0.05, 0.1) is 20.9 Å². The van der Waals surface area contributed by atoms with Gasteiger partial charge >= 0.3 is 0 Å². The molecule has 0 aliphatic rings. The molecular formula is C14H9Br2N3OS. The zero-order valence-electron chi connectivity index (χ0n) is 10.5. The van der Waals surface area contributed by atoms with E-state index in [1.54, 1.807) is 18.3 Å². The molecule has 2 N–H and O–H groups in total. The number of hydrogen-bond donors (Lipinski definition) is 2. The van der Waals surface area contributed by atoms with E-state index < -0.39 is 0 Å². The van der Waals surface area contributed by atoms with Crippen molar-refractivity contribution in [1.82, 2.24) is 4.98 Å². The molecule has 0 aliphatic heterocycles. The van der Waals surface area contributed by atoms with Crippen LogP contribution in [-0.2, 0) is 0 Å². The number of aromatic hydroxyl groups is 1. The van der Waals surface area contributed by atoms with Crippen molar-refractivity contribution in [2.24, 2.45) is 5.10 Å². The van der Waals surface area contributed by atoms with Crippen molar-refractivity contribution in [2.75, 3.05) is 5.43 Å². The fraction of sp³-hybridized carbons (Fsp3) is 0. The van der Waals surface area contributed by atoms with Crippen molar-refractivity contribution in [1.29, 1.82) is 0 Å². The number of phenols is 1. The second-order valence-corrected chi connectivity index (χ2v) is 6.98. The molecule has 1 aromatic heterocycles. The highest BCUT2D eigenvalue weighted by atomic mass is 79.9. The van der Waals surface area contributed by atoms with Crippen LogP contribution < -0.4 is 5.43 Å². The number of nitrogens with one attached hydrogen (secondary N) is 1. The second-order valence-electron chi connectivity index (χ2n) is 4.18. The van der Waals surface area contributed by atoms with Gasteiger partial charge in [0.2, 0.25) is 5.13 Å². The topological polar surface area (TPSA) is 57.5 Å². The summed E-state index contributed by atoms with van der Waals surface area (Å²) < 4.78 is 2.56. The molecule has 0 unspecified atom stereocenters. The Morgan fingerprint density at radius 2 is 2.05 bits per heavy atom. The molecule has 0 saturated heterocycles. The first-order valence-electron chi connectivity index (χ1n) is 5.96. The number of anilines is 1. The van der Waals surface area contributed by atoms with Crippen LogP contribution in [0.2, 0.25) is 0 Å². The van der Waals surface area contributed by atoms with Gasteiger partial charge in [-0.3, -0.25) is 5.43 Å². The van der Waals surface area contributed by atoms with Gasteiger partial charge in [0.15, 0.2) is 0 Å². The van der Waals surface area contributed by atoms with Gasteiger partial charge < -0.3 is 5.11 Å². The lowest BCUT2D eigenvalue weighted by Crippen LogP contribution is -1.91. The Labute approximate surface area is 141 Å². The van der Waals surface area contributed by atoms with Crippen molar-refractivity contribution in [2.45, 2.75) is 0 Å². The predicted molar refractivity (Wildman–Crippen MR) is 94.3 cm³/mol. The number of aromatic nitrogens is 1. The molecule has 21 heavy (non-hydrogen) atoms. The van der Waals surface area contributed by atoms with E-state index in [0.717, 1.165) is 14.7 Å². The maximum absolute atomic E-state index is 9.93. The Kier molecular flexibility index (Phi) is 4.23. The highest BCUT2D eigenvalue weighted by molar-refractivity contribution is 9.11. The van der Waals surface area contributed by atoms with E-state index in [2.05, 4.69) is 47.4 Å². The zero-order valence-corrected chi connectivity index (χ0v) is 14.5. The first-order valence-corrected chi connectivity index (χ1v) is 8.36. The molecule has 0 bridgehead atoms. The lowest BCUT2D eigenvalue weighted by atomic mass is 10.2. The van der Waals surface area contributed by atoms with E-state index >= 15 is 0 Å². The molecular weight excluding hydrogens is 418 g/mol. The number of rotatable bonds is 3.